The van der Waals surface area contributed by atoms with Gasteiger partial charge in [0.15, 0.2) is 5.16 Å². The second kappa shape index (κ2) is 4.30. The lowest BCUT2D eigenvalue weighted by Crippen LogP contribution is -2.12. The van der Waals surface area contributed by atoms with Gasteiger partial charge in [-0.15, -0.1) is 0 Å². The summed E-state index contributed by atoms with van der Waals surface area (Å²) >= 11 is 1.70. The minimum absolute atomic E-state index is 0.140. The van der Waals surface area contributed by atoms with Crippen molar-refractivity contribution in [2.24, 2.45) is 0 Å². The summed E-state index contributed by atoms with van der Waals surface area (Å²) in [6.45, 7) is 10.8. The summed E-state index contributed by atoms with van der Waals surface area (Å²) in [5.41, 5.74) is 1.33. The molecule has 0 atom stereocenters. The van der Waals surface area contributed by atoms with E-state index >= 15 is 0 Å². The van der Waals surface area contributed by atoms with Gasteiger partial charge >= 0.3 is 0 Å². The Bertz CT molecular complexity index is 285. The molecule has 2 nitrogen and oxygen atoms in total. The minimum atomic E-state index is 0.140. The third-order valence-corrected chi connectivity index (χ3v) is 2.73. The Morgan fingerprint density at radius 1 is 1.14 bits per heavy atom. The molecule has 0 aliphatic heterocycles. The van der Waals surface area contributed by atoms with E-state index in [1.165, 1.54) is 5.56 Å². The van der Waals surface area contributed by atoms with Crippen molar-refractivity contribution in [2.75, 3.05) is 0 Å². The van der Waals surface area contributed by atoms with Gasteiger partial charge in [-0.1, -0.05) is 46.4 Å². The van der Waals surface area contributed by atoms with E-state index in [9.17, 15) is 0 Å². The molecule has 0 saturated heterocycles. The molecule has 0 spiro atoms. The van der Waals surface area contributed by atoms with Crippen molar-refractivity contribution < 1.29 is 0 Å². The van der Waals surface area contributed by atoms with E-state index in [1.807, 2.05) is 12.4 Å². The van der Waals surface area contributed by atoms with Crippen LogP contribution < -0.4 is 0 Å². The molecule has 1 aromatic rings. The maximum Gasteiger partial charge on any atom is 0.187 e. The maximum atomic E-state index is 4.34. The SMILES string of the molecule is CC(C)Sc1ncc(C(C)(C)C)cn1. The van der Waals surface area contributed by atoms with Gasteiger partial charge in [0.05, 0.1) is 0 Å². The van der Waals surface area contributed by atoms with Gasteiger partial charge in [0.2, 0.25) is 0 Å². The summed E-state index contributed by atoms with van der Waals surface area (Å²) in [5.74, 6) is 0. The molecule has 0 bridgehead atoms. The first-order valence-corrected chi connectivity index (χ1v) is 5.77. The third kappa shape index (κ3) is 3.29. The summed E-state index contributed by atoms with van der Waals surface area (Å²) in [4.78, 5) is 8.67. The quantitative estimate of drug-likeness (QED) is 0.553. The molecule has 0 aliphatic rings. The van der Waals surface area contributed by atoms with E-state index in [4.69, 9.17) is 0 Å². The molecular weight excluding hydrogens is 192 g/mol. The fourth-order valence-electron chi connectivity index (χ4n) is 0.975. The first kappa shape index (κ1) is 11.5. The average molecular weight is 210 g/mol. The van der Waals surface area contributed by atoms with Crippen LogP contribution in [-0.2, 0) is 5.41 Å². The van der Waals surface area contributed by atoms with Crippen molar-refractivity contribution in [1.82, 2.24) is 9.97 Å². The van der Waals surface area contributed by atoms with Gasteiger partial charge in [-0.2, -0.15) is 0 Å². The van der Waals surface area contributed by atoms with E-state index < -0.39 is 0 Å². The fraction of sp³-hybridized carbons (Fsp3) is 0.636. The highest BCUT2D eigenvalue weighted by molar-refractivity contribution is 7.99. The molecule has 0 amide bonds. The summed E-state index contributed by atoms with van der Waals surface area (Å²) in [5, 5.41) is 1.41. The first-order valence-electron chi connectivity index (χ1n) is 4.89. The Kier molecular flexibility index (Phi) is 3.53. The van der Waals surface area contributed by atoms with Gasteiger partial charge in [-0.25, -0.2) is 9.97 Å². The van der Waals surface area contributed by atoms with Gasteiger partial charge in [0, 0.05) is 17.6 Å². The summed E-state index contributed by atoms with van der Waals surface area (Å²) < 4.78 is 0. The highest BCUT2D eigenvalue weighted by Crippen LogP contribution is 2.23. The van der Waals surface area contributed by atoms with Crippen molar-refractivity contribution >= 4 is 11.8 Å². The molecule has 78 valence electrons. The first-order chi connectivity index (χ1) is 6.39. The molecule has 1 heterocycles. The van der Waals surface area contributed by atoms with Crippen molar-refractivity contribution in [1.29, 1.82) is 0 Å². The molecule has 0 fully saturated rings. The Labute approximate surface area is 90.5 Å². The molecule has 0 aliphatic carbocycles. The summed E-state index contributed by atoms with van der Waals surface area (Å²) in [6, 6.07) is 0. The topological polar surface area (TPSA) is 25.8 Å². The standard InChI is InChI=1S/C11H18N2S/c1-8(2)14-10-12-6-9(7-13-10)11(3,4)5/h6-8H,1-5H3. The molecule has 0 saturated carbocycles. The zero-order chi connectivity index (χ0) is 10.8. The van der Waals surface area contributed by atoms with Crippen LogP contribution in [-0.4, -0.2) is 15.2 Å². The number of aromatic nitrogens is 2. The molecule has 0 N–H and O–H groups in total. The molecular formula is C11H18N2S. The molecule has 0 unspecified atom stereocenters. The monoisotopic (exact) mass is 210 g/mol. The van der Waals surface area contributed by atoms with Crippen molar-refractivity contribution in [3.63, 3.8) is 0 Å². The second-order valence-electron chi connectivity index (χ2n) is 4.67. The third-order valence-electron chi connectivity index (χ3n) is 1.84. The van der Waals surface area contributed by atoms with E-state index in [-0.39, 0.29) is 5.41 Å². The lowest BCUT2D eigenvalue weighted by atomic mass is 9.89. The Hall–Kier alpha value is -0.570. The number of hydrogen-bond acceptors (Lipinski definition) is 3. The average Bonchev–Trinajstić information content (AvgIpc) is 2.02. The number of thioether (sulfide) groups is 1. The van der Waals surface area contributed by atoms with Crippen molar-refractivity contribution in [3.05, 3.63) is 18.0 Å². The van der Waals surface area contributed by atoms with Gasteiger partial charge in [0.25, 0.3) is 0 Å². The van der Waals surface area contributed by atoms with Gasteiger partial charge in [-0.05, 0) is 11.0 Å². The maximum absolute atomic E-state index is 4.34. The fourth-order valence-corrected chi connectivity index (χ4v) is 1.62. The zero-order valence-corrected chi connectivity index (χ0v) is 10.4. The lowest BCUT2D eigenvalue weighted by molar-refractivity contribution is 0.580. The molecule has 1 aromatic heterocycles. The van der Waals surface area contributed by atoms with Crippen LogP contribution in [0, 0.1) is 0 Å². The molecule has 1 rings (SSSR count). The Morgan fingerprint density at radius 3 is 2.00 bits per heavy atom. The van der Waals surface area contributed by atoms with Crippen LogP contribution in [0.5, 0.6) is 0 Å². The molecule has 14 heavy (non-hydrogen) atoms. The van der Waals surface area contributed by atoms with Crippen LogP contribution in [0.15, 0.2) is 17.6 Å². The van der Waals surface area contributed by atoms with E-state index in [0.29, 0.717) is 5.25 Å². The van der Waals surface area contributed by atoms with Gasteiger partial charge in [-0.3, -0.25) is 0 Å². The molecule has 3 heteroatoms. The predicted molar refractivity (Wildman–Crippen MR) is 61.7 cm³/mol. The molecule has 0 aromatic carbocycles. The number of hydrogen-bond donors (Lipinski definition) is 0. The largest absolute Gasteiger partial charge is 0.231 e. The minimum Gasteiger partial charge on any atom is -0.231 e. The highest BCUT2D eigenvalue weighted by atomic mass is 32.2. The van der Waals surface area contributed by atoms with E-state index in [1.54, 1.807) is 11.8 Å². The summed E-state index contributed by atoms with van der Waals surface area (Å²) in [6.07, 6.45) is 3.86. The number of nitrogens with zero attached hydrogens (tertiary/aromatic N) is 2. The van der Waals surface area contributed by atoms with Crippen LogP contribution in [0.4, 0.5) is 0 Å². The summed E-state index contributed by atoms with van der Waals surface area (Å²) in [7, 11) is 0. The van der Waals surface area contributed by atoms with Crippen LogP contribution in [0.1, 0.15) is 40.2 Å². The zero-order valence-electron chi connectivity index (χ0n) is 9.53. The highest BCUT2D eigenvalue weighted by Gasteiger charge is 2.14. The van der Waals surface area contributed by atoms with Crippen molar-refractivity contribution in [3.8, 4) is 0 Å². The van der Waals surface area contributed by atoms with Gasteiger partial charge < -0.3 is 0 Å². The van der Waals surface area contributed by atoms with Crippen LogP contribution in [0.2, 0.25) is 0 Å². The van der Waals surface area contributed by atoms with Gasteiger partial charge in [0.1, 0.15) is 0 Å². The predicted octanol–water partition coefficient (Wildman–Crippen LogP) is 3.27. The van der Waals surface area contributed by atoms with Crippen LogP contribution in [0.3, 0.4) is 0 Å². The lowest BCUT2D eigenvalue weighted by Gasteiger charge is -2.17. The van der Waals surface area contributed by atoms with Crippen LogP contribution >= 0.6 is 11.8 Å². The Balaban J connectivity index is 2.79. The normalized spacial score (nSPS) is 12.1. The van der Waals surface area contributed by atoms with E-state index in [2.05, 4.69) is 44.6 Å². The van der Waals surface area contributed by atoms with Crippen LogP contribution in [0.25, 0.3) is 0 Å². The number of rotatable bonds is 2. The molecule has 0 radical (unpaired) electrons. The smallest absolute Gasteiger partial charge is 0.187 e. The Morgan fingerprint density at radius 2 is 1.64 bits per heavy atom. The van der Waals surface area contributed by atoms with E-state index in [0.717, 1.165) is 5.16 Å². The second-order valence-corrected chi connectivity index (χ2v) is 6.21. The van der Waals surface area contributed by atoms with Crippen molar-refractivity contribution in [2.45, 2.75) is 50.4 Å².